The van der Waals surface area contributed by atoms with Gasteiger partial charge in [-0.05, 0) is 40.0 Å². The van der Waals surface area contributed by atoms with Crippen LogP contribution in [0, 0.1) is 5.92 Å². The highest BCUT2D eigenvalue weighted by Gasteiger charge is 2.28. The number of nitrogens with one attached hydrogen (secondary N) is 2. The summed E-state index contributed by atoms with van der Waals surface area (Å²) >= 11 is 0. The molecular weight excluding hydrogens is 483 g/mol. The van der Waals surface area contributed by atoms with Gasteiger partial charge in [0.15, 0.2) is 15.8 Å². The predicted octanol–water partition coefficient (Wildman–Crippen LogP) is 1.85. The number of nitrogens with zero attached hydrogens (tertiary/aromatic N) is 2. The molecule has 0 spiro atoms. The van der Waals surface area contributed by atoms with Crippen LogP contribution in [0.5, 0.6) is 0 Å². The minimum atomic E-state index is -2.93. The van der Waals surface area contributed by atoms with E-state index in [9.17, 15) is 13.2 Å². The first-order valence-electron chi connectivity index (χ1n) is 9.11. The summed E-state index contributed by atoms with van der Waals surface area (Å²) in [6.45, 7) is 11.2. The van der Waals surface area contributed by atoms with Gasteiger partial charge in [-0.25, -0.2) is 13.2 Å². The van der Waals surface area contributed by atoms with Crippen molar-refractivity contribution in [3.63, 3.8) is 0 Å². The maximum atomic E-state index is 12.0. The van der Waals surface area contributed by atoms with E-state index in [1.54, 1.807) is 11.9 Å². The number of rotatable bonds is 6. The van der Waals surface area contributed by atoms with Gasteiger partial charge in [0, 0.05) is 32.7 Å². The number of amides is 1. The standard InChI is InChI=1S/C17H34N4O4S.HI/c1-7-18-15(20-14-8-9-26(23,24)12-14)19-10-13(2)11-21(6)16(22)25-17(3,4)5;/h13-14H,7-12H2,1-6H3,(H2,18,19,20);1H. The van der Waals surface area contributed by atoms with Gasteiger partial charge in [-0.3, -0.25) is 4.99 Å². The van der Waals surface area contributed by atoms with E-state index >= 15 is 0 Å². The summed E-state index contributed by atoms with van der Waals surface area (Å²) in [7, 11) is -1.22. The number of sulfone groups is 1. The maximum absolute atomic E-state index is 12.0. The number of hydrogen-bond donors (Lipinski definition) is 2. The summed E-state index contributed by atoms with van der Waals surface area (Å²) < 4.78 is 28.5. The molecule has 1 saturated heterocycles. The van der Waals surface area contributed by atoms with E-state index in [2.05, 4.69) is 15.6 Å². The quantitative estimate of drug-likeness (QED) is 0.316. The molecule has 8 nitrogen and oxygen atoms in total. The van der Waals surface area contributed by atoms with Gasteiger partial charge >= 0.3 is 6.09 Å². The molecule has 0 bridgehead atoms. The van der Waals surface area contributed by atoms with Crippen LogP contribution in [0.1, 0.15) is 41.0 Å². The molecule has 2 unspecified atom stereocenters. The third kappa shape index (κ3) is 11.0. The van der Waals surface area contributed by atoms with Crippen LogP contribution < -0.4 is 10.6 Å². The molecule has 2 atom stereocenters. The van der Waals surface area contributed by atoms with E-state index in [-0.39, 0.29) is 53.5 Å². The molecule has 27 heavy (non-hydrogen) atoms. The lowest BCUT2D eigenvalue weighted by molar-refractivity contribution is 0.0279. The van der Waals surface area contributed by atoms with Crippen molar-refractivity contribution in [3.8, 4) is 0 Å². The number of guanidine groups is 1. The predicted molar refractivity (Wildman–Crippen MR) is 120 cm³/mol. The number of halogens is 1. The van der Waals surface area contributed by atoms with Crippen LogP contribution in [-0.2, 0) is 14.6 Å². The molecule has 0 radical (unpaired) electrons. The first-order chi connectivity index (χ1) is 11.9. The van der Waals surface area contributed by atoms with Crippen LogP contribution in [0.25, 0.3) is 0 Å². The van der Waals surface area contributed by atoms with Crippen LogP contribution in [0.15, 0.2) is 4.99 Å². The summed E-state index contributed by atoms with van der Waals surface area (Å²) in [4.78, 5) is 18.1. The van der Waals surface area contributed by atoms with Gasteiger partial charge in [0.2, 0.25) is 0 Å². The van der Waals surface area contributed by atoms with Crippen LogP contribution in [0.3, 0.4) is 0 Å². The Morgan fingerprint density at radius 1 is 1.37 bits per heavy atom. The van der Waals surface area contributed by atoms with Gasteiger partial charge in [0.25, 0.3) is 0 Å². The van der Waals surface area contributed by atoms with Gasteiger partial charge in [-0.2, -0.15) is 0 Å². The Labute approximate surface area is 180 Å². The lowest BCUT2D eigenvalue weighted by Gasteiger charge is -2.26. The number of carbonyl (C=O) groups excluding carboxylic acids is 1. The molecular formula is C17H35IN4O4S. The molecule has 0 aromatic heterocycles. The second-order valence-corrected chi connectivity index (χ2v) is 10.2. The summed E-state index contributed by atoms with van der Waals surface area (Å²) in [6.07, 6.45) is 0.249. The highest BCUT2D eigenvalue weighted by atomic mass is 127. The van der Waals surface area contributed by atoms with Crippen LogP contribution >= 0.6 is 24.0 Å². The van der Waals surface area contributed by atoms with Gasteiger partial charge in [0.1, 0.15) is 5.60 Å². The minimum absolute atomic E-state index is 0. The van der Waals surface area contributed by atoms with Crippen molar-refractivity contribution >= 4 is 45.9 Å². The molecule has 2 N–H and O–H groups in total. The van der Waals surface area contributed by atoms with Gasteiger partial charge in [0.05, 0.1) is 11.5 Å². The monoisotopic (exact) mass is 518 g/mol. The summed E-state index contributed by atoms with van der Waals surface area (Å²) in [5.74, 6) is 1.12. The van der Waals surface area contributed by atoms with Crippen LogP contribution in [-0.4, -0.2) is 75.2 Å². The fourth-order valence-electron chi connectivity index (χ4n) is 2.61. The third-order valence-electron chi connectivity index (χ3n) is 3.77. The molecule has 1 aliphatic heterocycles. The first-order valence-corrected chi connectivity index (χ1v) is 10.9. The van der Waals surface area contributed by atoms with Gasteiger partial charge in [-0.15, -0.1) is 24.0 Å². The van der Waals surface area contributed by atoms with Gasteiger partial charge < -0.3 is 20.3 Å². The Morgan fingerprint density at radius 3 is 2.48 bits per heavy atom. The van der Waals surface area contributed by atoms with Crippen molar-refractivity contribution in [1.29, 1.82) is 0 Å². The number of ether oxygens (including phenoxy) is 1. The third-order valence-corrected chi connectivity index (χ3v) is 5.54. The van der Waals surface area contributed by atoms with Gasteiger partial charge in [-0.1, -0.05) is 6.92 Å². The molecule has 0 aromatic rings. The Balaban J connectivity index is 0.00000676. The molecule has 1 amide bonds. The lowest BCUT2D eigenvalue weighted by Crippen LogP contribution is -2.44. The molecule has 10 heteroatoms. The molecule has 0 saturated carbocycles. The summed E-state index contributed by atoms with van der Waals surface area (Å²) in [5, 5.41) is 6.33. The fraction of sp³-hybridized carbons (Fsp3) is 0.882. The number of hydrogen-bond acceptors (Lipinski definition) is 5. The SMILES string of the molecule is CCNC(=NCC(C)CN(C)C(=O)OC(C)(C)C)NC1CCS(=O)(=O)C1.I. The molecule has 0 aliphatic carbocycles. The fourth-order valence-corrected chi connectivity index (χ4v) is 4.28. The van der Waals surface area contributed by atoms with Crippen molar-refractivity contribution < 1.29 is 17.9 Å². The zero-order chi connectivity index (χ0) is 20.0. The molecule has 1 heterocycles. The number of aliphatic imine (C=N–C) groups is 1. The number of carbonyl (C=O) groups is 1. The van der Waals surface area contributed by atoms with E-state index < -0.39 is 15.4 Å². The van der Waals surface area contributed by atoms with Crippen molar-refractivity contribution in [2.45, 2.75) is 52.7 Å². The van der Waals surface area contributed by atoms with E-state index in [4.69, 9.17) is 4.74 Å². The largest absolute Gasteiger partial charge is 0.444 e. The van der Waals surface area contributed by atoms with Crippen LogP contribution in [0.2, 0.25) is 0 Å². The minimum Gasteiger partial charge on any atom is -0.444 e. The summed E-state index contributed by atoms with van der Waals surface area (Å²) in [5.41, 5.74) is -0.517. The Morgan fingerprint density at radius 2 is 2.00 bits per heavy atom. The van der Waals surface area contributed by atoms with Crippen LogP contribution in [0.4, 0.5) is 4.79 Å². The normalized spacial score (nSPS) is 20.4. The zero-order valence-corrected chi connectivity index (χ0v) is 20.4. The molecule has 1 fully saturated rings. The Kier molecular flexibility index (Phi) is 11.0. The van der Waals surface area contributed by atoms with E-state index in [0.29, 0.717) is 32.0 Å². The summed E-state index contributed by atoms with van der Waals surface area (Å²) in [6, 6.07) is -0.0995. The Bertz CT molecular complexity index is 605. The topological polar surface area (TPSA) is 100 Å². The molecule has 0 aromatic carbocycles. The lowest BCUT2D eigenvalue weighted by atomic mass is 10.2. The average molecular weight is 518 g/mol. The maximum Gasteiger partial charge on any atom is 0.410 e. The van der Waals surface area contributed by atoms with E-state index in [1.807, 2.05) is 34.6 Å². The van der Waals surface area contributed by atoms with Crippen molar-refractivity contribution in [1.82, 2.24) is 15.5 Å². The van der Waals surface area contributed by atoms with E-state index in [0.717, 1.165) is 0 Å². The average Bonchev–Trinajstić information content (AvgIpc) is 2.82. The van der Waals surface area contributed by atoms with Crippen molar-refractivity contribution in [2.24, 2.45) is 10.9 Å². The zero-order valence-electron chi connectivity index (χ0n) is 17.2. The Hall–Kier alpha value is -0.780. The second-order valence-electron chi connectivity index (χ2n) is 7.93. The highest BCUT2D eigenvalue weighted by Crippen LogP contribution is 2.12. The first kappa shape index (κ1) is 26.2. The highest BCUT2D eigenvalue weighted by molar-refractivity contribution is 14.0. The van der Waals surface area contributed by atoms with Crippen molar-refractivity contribution in [2.75, 3.05) is 38.2 Å². The smallest absolute Gasteiger partial charge is 0.410 e. The van der Waals surface area contributed by atoms with Crippen molar-refractivity contribution in [3.05, 3.63) is 0 Å². The second kappa shape index (κ2) is 11.3. The van der Waals surface area contributed by atoms with E-state index in [1.165, 1.54) is 0 Å². The molecule has 1 rings (SSSR count). The molecule has 160 valence electrons. The molecule has 1 aliphatic rings.